The monoisotopic (exact) mass is 244 g/mol. The lowest BCUT2D eigenvalue weighted by atomic mass is 10.1. The van der Waals surface area contributed by atoms with Crippen molar-refractivity contribution in [3.8, 4) is 5.75 Å². The van der Waals surface area contributed by atoms with Crippen LogP contribution < -0.4 is 4.74 Å². The van der Waals surface area contributed by atoms with Gasteiger partial charge in [0.1, 0.15) is 5.75 Å². The van der Waals surface area contributed by atoms with Gasteiger partial charge in [-0.05, 0) is 24.1 Å². The summed E-state index contributed by atoms with van der Waals surface area (Å²) in [7, 11) is 1.64. The minimum absolute atomic E-state index is 0.312. The third-order valence-electron chi connectivity index (χ3n) is 1.81. The number of alkyl halides is 1. The summed E-state index contributed by atoms with van der Waals surface area (Å²) < 4.78 is 5.03. The van der Waals surface area contributed by atoms with Crippen LogP contribution in [0.15, 0.2) is 24.3 Å². The van der Waals surface area contributed by atoms with Crippen molar-refractivity contribution in [3.05, 3.63) is 29.8 Å². The van der Waals surface area contributed by atoms with Crippen molar-refractivity contribution in [2.24, 2.45) is 0 Å². The number of rotatable bonds is 4. The first kappa shape index (κ1) is 10.5. The summed E-state index contributed by atoms with van der Waals surface area (Å²) in [5, 5.41) is 9.97. The number of halogens is 1. The molecule has 0 saturated carbocycles. The summed E-state index contributed by atoms with van der Waals surface area (Å²) in [6.45, 7) is 0. The van der Waals surface area contributed by atoms with Crippen LogP contribution in [0, 0.1) is 0 Å². The molecule has 1 unspecified atom stereocenters. The molecular weight excluding hydrogens is 232 g/mol. The van der Waals surface area contributed by atoms with Gasteiger partial charge in [0, 0.05) is 5.33 Å². The number of hydrogen-bond acceptors (Lipinski definition) is 2. The molecule has 0 spiro atoms. The van der Waals surface area contributed by atoms with Crippen molar-refractivity contribution < 1.29 is 9.84 Å². The second kappa shape index (κ2) is 5.25. The Hall–Kier alpha value is -0.540. The van der Waals surface area contributed by atoms with Crippen molar-refractivity contribution in [1.29, 1.82) is 0 Å². The van der Waals surface area contributed by atoms with Gasteiger partial charge in [-0.25, -0.2) is 0 Å². The Morgan fingerprint density at radius 2 is 2.00 bits per heavy atom. The summed E-state index contributed by atoms with van der Waals surface area (Å²) in [6.07, 6.45) is 0.364. The van der Waals surface area contributed by atoms with E-state index in [4.69, 9.17) is 4.74 Å². The summed E-state index contributed by atoms with van der Waals surface area (Å²) in [4.78, 5) is 0. The van der Waals surface area contributed by atoms with Gasteiger partial charge < -0.3 is 9.84 Å². The van der Waals surface area contributed by atoms with E-state index in [-0.39, 0.29) is 6.10 Å². The zero-order chi connectivity index (χ0) is 9.68. The van der Waals surface area contributed by atoms with E-state index < -0.39 is 0 Å². The molecule has 0 radical (unpaired) electrons. The Labute approximate surface area is 86.7 Å². The van der Waals surface area contributed by atoms with Crippen LogP contribution in [0.2, 0.25) is 0 Å². The minimum Gasteiger partial charge on any atom is -0.497 e. The van der Waals surface area contributed by atoms with E-state index in [2.05, 4.69) is 15.9 Å². The van der Waals surface area contributed by atoms with Crippen LogP contribution in [0.25, 0.3) is 0 Å². The molecule has 0 amide bonds. The van der Waals surface area contributed by atoms with Crippen molar-refractivity contribution >= 4 is 15.9 Å². The fourth-order valence-corrected chi connectivity index (χ4v) is 1.32. The Kier molecular flexibility index (Phi) is 4.25. The molecule has 0 fully saturated rings. The molecule has 1 aromatic carbocycles. The quantitative estimate of drug-likeness (QED) is 0.822. The number of benzene rings is 1. The minimum atomic E-state index is -0.312. The molecule has 0 aliphatic heterocycles. The van der Waals surface area contributed by atoms with E-state index in [0.29, 0.717) is 11.8 Å². The molecule has 0 saturated heterocycles. The molecule has 1 atom stereocenters. The summed E-state index contributed by atoms with van der Waals surface area (Å²) >= 11 is 3.23. The van der Waals surface area contributed by atoms with Gasteiger partial charge >= 0.3 is 0 Å². The highest BCUT2D eigenvalue weighted by atomic mass is 79.9. The average Bonchev–Trinajstić information content (AvgIpc) is 2.19. The molecule has 1 N–H and O–H groups in total. The Morgan fingerprint density at radius 3 is 2.46 bits per heavy atom. The maximum absolute atomic E-state index is 9.36. The predicted molar refractivity (Wildman–Crippen MR) is 56.5 cm³/mol. The molecular formula is C10H13BrO2. The van der Waals surface area contributed by atoms with Gasteiger partial charge in [0.15, 0.2) is 0 Å². The van der Waals surface area contributed by atoms with Crippen LogP contribution in [-0.2, 0) is 6.42 Å². The van der Waals surface area contributed by atoms with E-state index in [0.717, 1.165) is 11.3 Å². The van der Waals surface area contributed by atoms with E-state index >= 15 is 0 Å². The van der Waals surface area contributed by atoms with Crippen molar-refractivity contribution in [1.82, 2.24) is 0 Å². The van der Waals surface area contributed by atoms with Crippen LogP contribution >= 0.6 is 15.9 Å². The Bertz CT molecular complexity index is 246. The maximum Gasteiger partial charge on any atom is 0.118 e. The standard InChI is InChI=1S/C10H13BrO2/c1-13-10-4-2-8(3-5-10)6-9(12)7-11/h2-5,9,12H,6-7H2,1H3. The molecule has 2 nitrogen and oxygen atoms in total. The average molecular weight is 245 g/mol. The molecule has 13 heavy (non-hydrogen) atoms. The van der Waals surface area contributed by atoms with Crippen LogP contribution in [0.4, 0.5) is 0 Å². The van der Waals surface area contributed by atoms with E-state index in [1.807, 2.05) is 24.3 Å². The molecule has 0 aliphatic rings. The third-order valence-corrected chi connectivity index (χ3v) is 2.56. The summed E-state index contributed by atoms with van der Waals surface area (Å²) in [5.74, 6) is 0.845. The van der Waals surface area contributed by atoms with E-state index in [1.165, 1.54) is 0 Å². The van der Waals surface area contributed by atoms with E-state index in [9.17, 15) is 5.11 Å². The number of methoxy groups -OCH3 is 1. The van der Waals surface area contributed by atoms with Crippen LogP contribution in [-0.4, -0.2) is 23.7 Å². The largest absolute Gasteiger partial charge is 0.497 e. The van der Waals surface area contributed by atoms with Crippen LogP contribution in [0.3, 0.4) is 0 Å². The second-order valence-corrected chi connectivity index (χ2v) is 3.51. The molecule has 0 bridgehead atoms. The molecule has 1 rings (SSSR count). The number of ether oxygens (including phenoxy) is 1. The summed E-state index contributed by atoms with van der Waals surface area (Å²) in [6, 6.07) is 7.72. The summed E-state index contributed by atoms with van der Waals surface area (Å²) in [5.41, 5.74) is 1.12. The van der Waals surface area contributed by atoms with Crippen molar-refractivity contribution in [3.63, 3.8) is 0 Å². The lowest BCUT2D eigenvalue weighted by molar-refractivity contribution is 0.201. The molecule has 0 aliphatic carbocycles. The molecule has 0 aromatic heterocycles. The highest BCUT2D eigenvalue weighted by Gasteiger charge is 2.02. The second-order valence-electron chi connectivity index (χ2n) is 2.86. The van der Waals surface area contributed by atoms with Crippen molar-refractivity contribution in [2.75, 3.05) is 12.4 Å². The van der Waals surface area contributed by atoms with Gasteiger partial charge in [0.25, 0.3) is 0 Å². The third kappa shape index (κ3) is 3.36. The van der Waals surface area contributed by atoms with Crippen LogP contribution in [0.5, 0.6) is 5.75 Å². The first-order chi connectivity index (χ1) is 6.26. The van der Waals surface area contributed by atoms with E-state index in [1.54, 1.807) is 7.11 Å². The van der Waals surface area contributed by atoms with Gasteiger partial charge in [-0.3, -0.25) is 0 Å². The molecule has 72 valence electrons. The Morgan fingerprint density at radius 1 is 1.38 bits per heavy atom. The van der Waals surface area contributed by atoms with Gasteiger partial charge in [-0.2, -0.15) is 0 Å². The molecule has 3 heteroatoms. The zero-order valence-corrected chi connectivity index (χ0v) is 9.12. The lowest BCUT2D eigenvalue weighted by Crippen LogP contribution is -2.11. The fraction of sp³-hybridized carbons (Fsp3) is 0.400. The fourth-order valence-electron chi connectivity index (χ4n) is 1.09. The van der Waals surface area contributed by atoms with Gasteiger partial charge in [-0.1, -0.05) is 28.1 Å². The lowest BCUT2D eigenvalue weighted by Gasteiger charge is -2.07. The predicted octanol–water partition coefficient (Wildman–Crippen LogP) is 1.99. The molecule has 1 aromatic rings. The first-order valence-corrected chi connectivity index (χ1v) is 5.25. The zero-order valence-electron chi connectivity index (χ0n) is 7.53. The number of aliphatic hydroxyl groups excluding tert-OH is 1. The van der Waals surface area contributed by atoms with Crippen LogP contribution in [0.1, 0.15) is 5.56 Å². The van der Waals surface area contributed by atoms with Crippen molar-refractivity contribution in [2.45, 2.75) is 12.5 Å². The SMILES string of the molecule is COc1ccc(CC(O)CBr)cc1. The van der Waals surface area contributed by atoms with Gasteiger partial charge in [0.05, 0.1) is 13.2 Å². The first-order valence-electron chi connectivity index (χ1n) is 4.13. The van der Waals surface area contributed by atoms with Gasteiger partial charge in [-0.15, -0.1) is 0 Å². The molecule has 0 heterocycles. The number of aliphatic hydroxyl groups is 1. The maximum atomic E-state index is 9.36. The number of hydrogen-bond donors (Lipinski definition) is 1. The smallest absolute Gasteiger partial charge is 0.118 e. The normalized spacial score (nSPS) is 12.5. The highest BCUT2D eigenvalue weighted by molar-refractivity contribution is 9.09. The Balaban J connectivity index is 2.58. The highest BCUT2D eigenvalue weighted by Crippen LogP contribution is 2.12. The van der Waals surface area contributed by atoms with Gasteiger partial charge in [0.2, 0.25) is 0 Å². The topological polar surface area (TPSA) is 29.5 Å².